The minimum atomic E-state index is -0.517. The first-order valence-corrected chi connectivity index (χ1v) is 11.8. The van der Waals surface area contributed by atoms with Gasteiger partial charge in [-0.2, -0.15) is 5.26 Å². The Bertz CT molecular complexity index is 1360. The van der Waals surface area contributed by atoms with E-state index in [1.54, 1.807) is 30.3 Å². The zero-order chi connectivity index (χ0) is 26.2. The van der Waals surface area contributed by atoms with E-state index in [-0.39, 0.29) is 17.9 Å². The smallest absolute Gasteiger partial charge is 0.269 e. The SMILES string of the molecule is CCOc1cc(/C=C(/C#N)C(=O)Nc2ccc(C)cc2C)cc(Br)c1OCc1ccc([N+](=O)[O-])cc1. The summed E-state index contributed by atoms with van der Waals surface area (Å²) in [6.07, 6.45) is 1.48. The van der Waals surface area contributed by atoms with Crippen LogP contribution in [0, 0.1) is 35.3 Å². The van der Waals surface area contributed by atoms with Crippen molar-refractivity contribution in [3.63, 3.8) is 0 Å². The third kappa shape index (κ3) is 6.71. The maximum absolute atomic E-state index is 12.8. The second kappa shape index (κ2) is 12.0. The molecule has 0 aromatic heterocycles. The van der Waals surface area contributed by atoms with E-state index in [9.17, 15) is 20.2 Å². The van der Waals surface area contributed by atoms with Crippen LogP contribution in [-0.4, -0.2) is 17.4 Å². The molecule has 0 aliphatic heterocycles. The van der Waals surface area contributed by atoms with Crippen molar-refractivity contribution < 1.29 is 19.2 Å². The summed E-state index contributed by atoms with van der Waals surface area (Å²) in [7, 11) is 0. The van der Waals surface area contributed by atoms with Crippen LogP contribution < -0.4 is 14.8 Å². The summed E-state index contributed by atoms with van der Waals surface area (Å²) < 4.78 is 12.2. The van der Waals surface area contributed by atoms with Gasteiger partial charge in [-0.15, -0.1) is 0 Å². The maximum atomic E-state index is 12.8. The van der Waals surface area contributed by atoms with Gasteiger partial charge in [-0.25, -0.2) is 0 Å². The lowest BCUT2D eigenvalue weighted by Crippen LogP contribution is -2.14. The first-order valence-electron chi connectivity index (χ1n) is 11.0. The van der Waals surface area contributed by atoms with Gasteiger partial charge < -0.3 is 14.8 Å². The van der Waals surface area contributed by atoms with Crippen molar-refractivity contribution in [3.8, 4) is 17.6 Å². The number of hydrogen-bond donors (Lipinski definition) is 1. The zero-order valence-electron chi connectivity index (χ0n) is 20.0. The van der Waals surface area contributed by atoms with E-state index in [1.165, 1.54) is 18.2 Å². The fraction of sp³-hybridized carbons (Fsp3) is 0.185. The van der Waals surface area contributed by atoms with E-state index < -0.39 is 10.8 Å². The summed E-state index contributed by atoms with van der Waals surface area (Å²) in [5.74, 6) is 0.342. The van der Waals surface area contributed by atoms with Crippen molar-refractivity contribution in [2.45, 2.75) is 27.4 Å². The van der Waals surface area contributed by atoms with Gasteiger partial charge in [0.15, 0.2) is 11.5 Å². The predicted molar refractivity (Wildman–Crippen MR) is 141 cm³/mol. The third-order valence-electron chi connectivity index (χ3n) is 5.17. The number of carbonyl (C=O) groups is 1. The van der Waals surface area contributed by atoms with Gasteiger partial charge in [0.05, 0.1) is 16.0 Å². The Morgan fingerprint density at radius 3 is 2.47 bits per heavy atom. The van der Waals surface area contributed by atoms with Crippen molar-refractivity contribution in [2.24, 2.45) is 0 Å². The van der Waals surface area contributed by atoms with Gasteiger partial charge in [0.2, 0.25) is 0 Å². The lowest BCUT2D eigenvalue weighted by atomic mass is 10.1. The fourth-order valence-corrected chi connectivity index (χ4v) is 3.98. The number of non-ortho nitro benzene ring substituents is 1. The standard InChI is InChI=1S/C27H24BrN3O5/c1-4-35-25-14-20(12-21(15-29)27(32)30-24-10-5-17(2)11-18(24)3)13-23(28)26(25)36-16-19-6-8-22(9-7-19)31(33)34/h5-14H,4,16H2,1-3H3,(H,30,32)/b21-12-. The summed E-state index contributed by atoms with van der Waals surface area (Å²) in [5, 5.41) is 23.3. The predicted octanol–water partition coefficient (Wildman–Crippen LogP) is 6.50. The number of nitro benzene ring substituents is 1. The number of benzene rings is 3. The van der Waals surface area contributed by atoms with E-state index in [1.807, 2.05) is 39.0 Å². The van der Waals surface area contributed by atoms with Gasteiger partial charge in [-0.1, -0.05) is 17.7 Å². The van der Waals surface area contributed by atoms with Gasteiger partial charge in [0, 0.05) is 17.8 Å². The van der Waals surface area contributed by atoms with Crippen molar-refractivity contribution in [1.82, 2.24) is 0 Å². The van der Waals surface area contributed by atoms with Crippen LogP contribution >= 0.6 is 15.9 Å². The molecule has 0 saturated carbocycles. The topological polar surface area (TPSA) is 114 Å². The van der Waals surface area contributed by atoms with E-state index in [4.69, 9.17) is 9.47 Å². The summed E-state index contributed by atoms with van der Waals surface area (Å²) in [6.45, 7) is 6.21. The molecule has 3 aromatic rings. The normalized spacial score (nSPS) is 10.9. The van der Waals surface area contributed by atoms with Crippen LogP contribution in [0.1, 0.15) is 29.2 Å². The van der Waals surface area contributed by atoms with Gasteiger partial charge >= 0.3 is 0 Å². The van der Waals surface area contributed by atoms with Crippen LogP contribution in [-0.2, 0) is 11.4 Å². The number of nitrogens with one attached hydrogen (secondary N) is 1. The average molecular weight is 550 g/mol. The molecule has 0 unspecified atom stereocenters. The van der Waals surface area contributed by atoms with Crippen molar-refractivity contribution in [2.75, 3.05) is 11.9 Å². The van der Waals surface area contributed by atoms with Crippen LogP contribution in [0.3, 0.4) is 0 Å². The summed E-state index contributed by atoms with van der Waals surface area (Å²) >= 11 is 3.48. The number of nitrogens with zero attached hydrogens (tertiary/aromatic N) is 2. The average Bonchev–Trinajstić information content (AvgIpc) is 2.84. The number of amides is 1. The number of halogens is 1. The second-order valence-corrected chi connectivity index (χ2v) is 8.77. The molecule has 8 nitrogen and oxygen atoms in total. The molecule has 0 spiro atoms. The number of aryl methyl sites for hydroxylation is 2. The number of rotatable bonds is 9. The Kier molecular flexibility index (Phi) is 8.81. The molecule has 184 valence electrons. The molecule has 1 N–H and O–H groups in total. The minimum absolute atomic E-state index is 0.000878. The minimum Gasteiger partial charge on any atom is -0.490 e. The van der Waals surface area contributed by atoms with Crippen molar-refractivity contribution >= 4 is 39.3 Å². The Labute approximate surface area is 217 Å². The quantitative estimate of drug-likeness (QED) is 0.141. The summed E-state index contributed by atoms with van der Waals surface area (Å²) in [5.41, 5.74) is 3.86. The van der Waals surface area contributed by atoms with Gasteiger partial charge in [-0.3, -0.25) is 14.9 Å². The molecule has 3 rings (SSSR count). The highest BCUT2D eigenvalue weighted by atomic mass is 79.9. The molecule has 0 heterocycles. The maximum Gasteiger partial charge on any atom is 0.269 e. The van der Waals surface area contributed by atoms with Crippen molar-refractivity contribution in [3.05, 3.63) is 97.0 Å². The molecule has 0 aliphatic rings. The molecule has 0 bridgehead atoms. The molecule has 0 radical (unpaired) electrons. The Morgan fingerprint density at radius 1 is 1.14 bits per heavy atom. The highest BCUT2D eigenvalue weighted by molar-refractivity contribution is 9.10. The van der Waals surface area contributed by atoms with Crippen LogP contribution in [0.4, 0.5) is 11.4 Å². The number of anilines is 1. The van der Waals surface area contributed by atoms with Crippen LogP contribution in [0.15, 0.2) is 64.6 Å². The molecule has 0 atom stereocenters. The lowest BCUT2D eigenvalue weighted by Gasteiger charge is -2.15. The molecular weight excluding hydrogens is 526 g/mol. The largest absolute Gasteiger partial charge is 0.490 e. The second-order valence-electron chi connectivity index (χ2n) is 7.92. The number of hydrogen-bond acceptors (Lipinski definition) is 6. The molecule has 36 heavy (non-hydrogen) atoms. The zero-order valence-corrected chi connectivity index (χ0v) is 21.6. The number of nitriles is 1. The first-order chi connectivity index (χ1) is 17.2. The van der Waals surface area contributed by atoms with Crippen LogP contribution in [0.25, 0.3) is 6.08 Å². The molecular formula is C27H24BrN3O5. The lowest BCUT2D eigenvalue weighted by molar-refractivity contribution is -0.384. The third-order valence-corrected chi connectivity index (χ3v) is 5.76. The first kappa shape index (κ1) is 26.4. The van der Waals surface area contributed by atoms with Gasteiger partial charge in [0.25, 0.3) is 11.6 Å². The molecule has 3 aromatic carbocycles. The van der Waals surface area contributed by atoms with Crippen LogP contribution in [0.2, 0.25) is 0 Å². The van der Waals surface area contributed by atoms with Gasteiger partial charge in [0.1, 0.15) is 18.2 Å². The number of ether oxygens (including phenoxy) is 2. The Balaban J connectivity index is 1.83. The highest BCUT2D eigenvalue weighted by Crippen LogP contribution is 2.38. The monoisotopic (exact) mass is 549 g/mol. The van der Waals surface area contributed by atoms with Crippen molar-refractivity contribution in [1.29, 1.82) is 5.26 Å². The van der Waals surface area contributed by atoms with Gasteiger partial charge in [-0.05, 0) is 89.8 Å². The molecule has 0 saturated heterocycles. The highest BCUT2D eigenvalue weighted by Gasteiger charge is 2.15. The molecule has 9 heteroatoms. The summed E-state index contributed by atoms with van der Waals surface area (Å²) in [4.78, 5) is 23.1. The Hall–Kier alpha value is -4.16. The molecule has 0 aliphatic carbocycles. The van der Waals surface area contributed by atoms with E-state index in [2.05, 4.69) is 21.2 Å². The summed E-state index contributed by atoms with van der Waals surface area (Å²) in [6, 6.07) is 17.1. The molecule has 1 amide bonds. The number of nitro groups is 1. The van der Waals surface area contributed by atoms with E-state index in [0.29, 0.717) is 33.8 Å². The Morgan fingerprint density at radius 2 is 1.86 bits per heavy atom. The fourth-order valence-electron chi connectivity index (χ4n) is 3.40. The van der Waals surface area contributed by atoms with E-state index >= 15 is 0 Å². The van der Waals surface area contributed by atoms with Crippen LogP contribution in [0.5, 0.6) is 11.5 Å². The molecule has 0 fully saturated rings. The van der Waals surface area contributed by atoms with E-state index in [0.717, 1.165) is 16.7 Å². The number of carbonyl (C=O) groups excluding carboxylic acids is 1.